The van der Waals surface area contributed by atoms with Crippen molar-refractivity contribution in [3.63, 3.8) is 0 Å². The highest BCUT2D eigenvalue weighted by Crippen LogP contribution is 2.04. The maximum atomic E-state index is 5.69. The van der Waals surface area contributed by atoms with Crippen LogP contribution in [0.1, 0.15) is 6.92 Å². The van der Waals surface area contributed by atoms with Crippen LogP contribution in [0, 0.1) is 0 Å². The van der Waals surface area contributed by atoms with E-state index in [4.69, 9.17) is 11.6 Å². The number of hydrazone groups is 1. The molecule has 8 heavy (non-hydrogen) atoms. The lowest BCUT2D eigenvalue weighted by atomic mass is 10.5. The molecule has 1 atom stereocenters. The number of halogens is 1. The molecule has 3 heteroatoms. The Bertz CT molecular complexity index is 103. The van der Waals surface area contributed by atoms with Crippen LogP contribution >= 0.6 is 11.6 Å². The van der Waals surface area contributed by atoms with Crippen LogP contribution in [0.25, 0.3) is 0 Å². The Kier molecular flexibility index (Phi) is 1.73. The summed E-state index contributed by atoms with van der Waals surface area (Å²) in [6.07, 6.45) is 1.77. The molecule has 2 nitrogen and oxygen atoms in total. The van der Waals surface area contributed by atoms with Crippen LogP contribution in [0.3, 0.4) is 0 Å². The Morgan fingerprint density at radius 3 is 3.00 bits per heavy atom. The molecule has 0 N–H and O–H groups in total. The Morgan fingerprint density at radius 2 is 2.75 bits per heavy atom. The first-order chi connectivity index (χ1) is 3.83. The number of nitrogens with zero attached hydrogens (tertiary/aromatic N) is 2. The Balaban J connectivity index is 2.34. The zero-order valence-corrected chi connectivity index (χ0v) is 5.60. The molecule has 1 unspecified atom stereocenters. The minimum atomic E-state index is 0.134. The Morgan fingerprint density at radius 1 is 2.00 bits per heavy atom. The molecule has 0 aromatic rings. The molecular weight excluding hydrogens is 124 g/mol. The van der Waals surface area contributed by atoms with Crippen LogP contribution in [0.15, 0.2) is 5.10 Å². The van der Waals surface area contributed by atoms with E-state index in [1.165, 1.54) is 0 Å². The van der Waals surface area contributed by atoms with Crippen LogP contribution in [0.2, 0.25) is 0 Å². The third-order valence-corrected chi connectivity index (χ3v) is 1.39. The SMILES string of the molecule is CCN1CC(Cl)C=N1. The van der Waals surface area contributed by atoms with Gasteiger partial charge >= 0.3 is 0 Å². The van der Waals surface area contributed by atoms with E-state index in [0.29, 0.717) is 0 Å². The van der Waals surface area contributed by atoms with Gasteiger partial charge in [-0.25, -0.2) is 0 Å². The zero-order valence-electron chi connectivity index (χ0n) is 4.84. The van der Waals surface area contributed by atoms with E-state index in [-0.39, 0.29) is 5.38 Å². The summed E-state index contributed by atoms with van der Waals surface area (Å²) in [4.78, 5) is 0. The minimum absolute atomic E-state index is 0.134. The van der Waals surface area contributed by atoms with Crippen molar-refractivity contribution in [2.24, 2.45) is 5.10 Å². The molecule has 0 fully saturated rings. The summed E-state index contributed by atoms with van der Waals surface area (Å²) in [5, 5.41) is 6.09. The molecular formula is C5H9ClN2. The fourth-order valence-corrected chi connectivity index (χ4v) is 0.883. The average Bonchev–Trinajstić information content (AvgIpc) is 2.14. The van der Waals surface area contributed by atoms with Gasteiger partial charge in [0.1, 0.15) is 0 Å². The molecule has 0 saturated carbocycles. The first-order valence-corrected chi connectivity index (χ1v) is 3.19. The van der Waals surface area contributed by atoms with E-state index < -0.39 is 0 Å². The van der Waals surface area contributed by atoms with E-state index >= 15 is 0 Å². The third-order valence-electron chi connectivity index (χ3n) is 1.14. The molecule has 46 valence electrons. The number of hydrogen-bond donors (Lipinski definition) is 0. The van der Waals surface area contributed by atoms with Crippen LogP contribution in [0.4, 0.5) is 0 Å². The summed E-state index contributed by atoms with van der Waals surface area (Å²) < 4.78 is 0. The maximum absolute atomic E-state index is 5.69. The first-order valence-electron chi connectivity index (χ1n) is 2.76. The lowest BCUT2D eigenvalue weighted by Crippen LogP contribution is -2.17. The van der Waals surface area contributed by atoms with Gasteiger partial charge in [-0.2, -0.15) is 5.10 Å². The predicted molar refractivity (Wildman–Crippen MR) is 35.4 cm³/mol. The Labute approximate surface area is 54.1 Å². The summed E-state index contributed by atoms with van der Waals surface area (Å²) in [5.41, 5.74) is 0. The molecule has 0 aromatic heterocycles. The van der Waals surface area contributed by atoms with Crippen LogP contribution in [-0.2, 0) is 0 Å². The highest BCUT2D eigenvalue weighted by atomic mass is 35.5. The molecule has 0 radical (unpaired) electrons. The lowest BCUT2D eigenvalue weighted by molar-refractivity contribution is 0.338. The van der Waals surface area contributed by atoms with Gasteiger partial charge in [0.2, 0.25) is 0 Å². The molecule has 1 heterocycles. The summed E-state index contributed by atoms with van der Waals surface area (Å²) >= 11 is 5.69. The topological polar surface area (TPSA) is 15.6 Å². The van der Waals surface area contributed by atoms with Gasteiger partial charge in [0, 0.05) is 12.8 Å². The minimum Gasteiger partial charge on any atom is -0.296 e. The monoisotopic (exact) mass is 132 g/mol. The van der Waals surface area contributed by atoms with Gasteiger partial charge in [-0.05, 0) is 6.92 Å². The van der Waals surface area contributed by atoms with Crippen molar-refractivity contribution in [3.05, 3.63) is 0 Å². The van der Waals surface area contributed by atoms with Gasteiger partial charge in [0.25, 0.3) is 0 Å². The summed E-state index contributed by atoms with van der Waals surface area (Å²) in [5.74, 6) is 0. The predicted octanol–water partition coefficient (Wildman–Crippen LogP) is 0.915. The van der Waals surface area contributed by atoms with Crippen molar-refractivity contribution >= 4 is 17.8 Å². The van der Waals surface area contributed by atoms with Gasteiger partial charge in [0.05, 0.1) is 11.9 Å². The zero-order chi connectivity index (χ0) is 5.98. The highest BCUT2D eigenvalue weighted by Gasteiger charge is 2.11. The van der Waals surface area contributed by atoms with Crippen LogP contribution < -0.4 is 0 Å². The standard InChI is InChI=1S/C5H9ClN2/c1-2-8-4-5(6)3-7-8/h3,5H,2,4H2,1H3. The van der Waals surface area contributed by atoms with Gasteiger partial charge in [-0.1, -0.05) is 0 Å². The molecule has 1 aliphatic rings. The van der Waals surface area contributed by atoms with Gasteiger partial charge in [-0.3, -0.25) is 5.01 Å². The van der Waals surface area contributed by atoms with Gasteiger partial charge in [-0.15, -0.1) is 11.6 Å². The lowest BCUT2D eigenvalue weighted by Gasteiger charge is -2.08. The second kappa shape index (κ2) is 2.35. The van der Waals surface area contributed by atoms with Crippen molar-refractivity contribution in [2.75, 3.05) is 13.1 Å². The summed E-state index contributed by atoms with van der Waals surface area (Å²) in [6.45, 7) is 3.89. The first kappa shape index (κ1) is 5.89. The summed E-state index contributed by atoms with van der Waals surface area (Å²) in [7, 11) is 0. The van der Waals surface area contributed by atoms with Crippen LogP contribution in [-0.4, -0.2) is 29.7 Å². The molecule has 1 rings (SSSR count). The Hall–Kier alpha value is -0.240. The fraction of sp³-hybridized carbons (Fsp3) is 0.800. The molecule has 1 aliphatic heterocycles. The second-order valence-electron chi connectivity index (χ2n) is 1.79. The number of hydrogen-bond acceptors (Lipinski definition) is 2. The molecule has 0 saturated heterocycles. The third kappa shape index (κ3) is 1.13. The normalized spacial score (nSPS) is 27.2. The highest BCUT2D eigenvalue weighted by molar-refractivity contribution is 6.28. The van der Waals surface area contributed by atoms with Gasteiger partial charge < -0.3 is 0 Å². The van der Waals surface area contributed by atoms with Crippen molar-refractivity contribution in [3.8, 4) is 0 Å². The van der Waals surface area contributed by atoms with E-state index in [1.807, 2.05) is 5.01 Å². The quantitative estimate of drug-likeness (QED) is 0.485. The van der Waals surface area contributed by atoms with E-state index in [2.05, 4.69) is 12.0 Å². The number of alkyl halides is 1. The van der Waals surface area contributed by atoms with Crippen molar-refractivity contribution in [1.82, 2.24) is 5.01 Å². The molecule has 0 bridgehead atoms. The van der Waals surface area contributed by atoms with E-state index in [9.17, 15) is 0 Å². The molecule has 0 amide bonds. The van der Waals surface area contributed by atoms with Crippen molar-refractivity contribution in [2.45, 2.75) is 12.3 Å². The molecule has 0 spiro atoms. The van der Waals surface area contributed by atoms with E-state index in [1.54, 1.807) is 6.21 Å². The summed E-state index contributed by atoms with van der Waals surface area (Å²) in [6, 6.07) is 0. The maximum Gasteiger partial charge on any atom is 0.0896 e. The average molecular weight is 133 g/mol. The van der Waals surface area contributed by atoms with Gasteiger partial charge in [0.15, 0.2) is 0 Å². The van der Waals surface area contributed by atoms with Crippen LogP contribution in [0.5, 0.6) is 0 Å². The van der Waals surface area contributed by atoms with Crippen molar-refractivity contribution in [1.29, 1.82) is 0 Å². The largest absolute Gasteiger partial charge is 0.296 e. The smallest absolute Gasteiger partial charge is 0.0896 e. The van der Waals surface area contributed by atoms with E-state index in [0.717, 1.165) is 13.1 Å². The second-order valence-corrected chi connectivity index (χ2v) is 2.35. The molecule has 0 aliphatic carbocycles. The molecule has 0 aromatic carbocycles. The number of rotatable bonds is 1. The fourth-order valence-electron chi connectivity index (χ4n) is 0.673. The van der Waals surface area contributed by atoms with Crippen molar-refractivity contribution < 1.29 is 0 Å².